The van der Waals surface area contributed by atoms with Gasteiger partial charge in [0, 0.05) is 40.9 Å². The van der Waals surface area contributed by atoms with Gasteiger partial charge in [0.25, 0.3) is 5.91 Å². The molecule has 218 valence electrons. The van der Waals surface area contributed by atoms with Gasteiger partial charge in [-0.15, -0.1) is 0 Å². The van der Waals surface area contributed by atoms with E-state index in [-0.39, 0.29) is 41.3 Å². The van der Waals surface area contributed by atoms with Crippen molar-refractivity contribution in [3.8, 4) is 28.1 Å². The Labute approximate surface area is 251 Å². The zero-order chi connectivity index (χ0) is 29.8. The number of nitrogen functional groups attached to an aromatic ring is 1. The molecule has 0 saturated carbocycles. The highest BCUT2D eigenvalue weighted by molar-refractivity contribution is 6.32. The average Bonchev–Trinajstić information content (AvgIpc) is 3.75. The second-order valence-corrected chi connectivity index (χ2v) is 11.4. The van der Waals surface area contributed by atoms with Crippen LogP contribution >= 0.6 is 11.6 Å². The third kappa shape index (κ3) is 4.49. The van der Waals surface area contributed by atoms with Crippen molar-refractivity contribution in [3.63, 3.8) is 0 Å². The second kappa shape index (κ2) is 10.5. The van der Waals surface area contributed by atoms with E-state index >= 15 is 0 Å². The van der Waals surface area contributed by atoms with Gasteiger partial charge in [-0.05, 0) is 56.9 Å². The predicted octanol–water partition coefficient (Wildman–Crippen LogP) is 4.57. The number of ether oxygens (including phenoxy) is 1. The number of methoxy groups -OCH3 is 1. The molecule has 3 atom stereocenters. The number of aromatic amines is 1. The number of carbonyl (C=O) groups is 2. The van der Waals surface area contributed by atoms with E-state index in [4.69, 9.17) is 27.1 Å². The zero-order valence-corrected chi connectivity index (χ0v) is 24.2. The number of Topliss-reactive ketones (excluding diaryl/α,β-unsaturated/α-hetero) is 1. The van der Waals surface area contributed by atoms with Gasteiger partial charge in [0.05, 0.1) is 35.3 Å². The van der Waals surface area contributed by atoms with Crippen LogP contribution in [-0.4, -0.2) is 70.5 Å². The number of hydrogen-bond donors (Lipinski definition) is 2. The van der Waals surface area contributed by atoms with E-state index in [0.717, 1.165) is 35.2 Å². The molecular formula is C30H28ClN9O3. The highest BCUT2D eigenvalue weighted by Gasteiger charge is 2.45. The molecule has 2 fully saturated rings. The molecule has 2 bridgehead atoms. The molecule has 6 heterocycles. The first kappa shape index (κ1) is 27.0. The van der Waals surface area contributed by atoms with E-state index < -0.39 is 0 Å². The SMILES string of the molecule is COc1ccc(-c2ccc(-c3cnn4c(N)c(C(C)=O)c(C5C[C@H]6CC[C@@H](C5)N6C(=O)c5ncn[nH]5)nc34)cn2)cc1Cl. The molecule has 12 nitrogen and oxygen atoms in total. The lowest BCUT2D eigenvalue weighted by molar-refractivity contribution is 0.0556. The van der Waals surface area contributed by atoms with Crippen LogP contribution in [0.15, 0.2) is 49.1 Å². The van der Waals surface area contributed by atoms with Crippen molar-refractivity contribution in [2.45, 2.75) is 50.6 Å². The number of rotatable bonds is 6. The van der Waals surface area contributed by atoms with Crippen LogP contribution in [0.2, 0.25) is 5.02 Å². The van der Waals surface area contributed by atoms with Crippen molar-refractivity contribution in [1.29, 1.82) is 0 Å². The minimum atomic E-state index is -0.171. The minimum absolute atomic E-state index is 0.00740. The van der Waals surface area contributed by atoms with Crippen LogP contribution in [0.25, 0.3) is 28.0 Å². The largest absolute Gasteiger partial charge is 0.495 e. The maximum Gasteiger partial charge on any atom is 0.291 e. The number of nitrogens with zero attached hydrogens (tertiary/aromatic N) is 7. The number of fused-ring (bicyclic) bond motifs is 3. The number of piperidine rings is 1. The molecule has 4 aromatic heterocycles. The van der Waals surface area contributed by atoms with Crippen LogP contribution in [0, 0.1) is 0 Å². The van der Waals surface area contributed by atoms with Gasteiger partial charge >= 0.3 is 0 Å². The number of nitrogens with one attached hydrogen (secondary N) is 1. The molecule has 1 unspecified atom stereocenters. The summed E-state index contributed by atoms with van der Waals surface area (Å²) in [5.41, 5.74) is 11.3. The van der Waals surface area contributed by atoms with Gasteiger partial charge in [-0.2, -0.15) is 14.7 Å². The van der Waals surface area contributed by atoms with Crippen LogP contribution < -0.4 is 10.5 Å². The number of carbonyl (C=O) groups excluding carboxylic acids is 2. The monoisotopic (exact) mass is 597 g/mol. The number of nitrogens with two attached hydrogens (primary N) is 1. The number of hydrogen-bond acceptors (Lipinski definition) is 9. The smallest absolute Gasteiger partial charge is 0.291 e. The lowest BCUT2D eigenvalue weighted by Gasteiger charge is -2.38. The van der Waals surface area contributed by atoms with Gasteiger partial charge in [-0.3, -0.25) is 19.7 Å². The normalized spacial score (nSPS) is 19.6. The number of anilines is 1. The van der Waals surface area contributed by atoms with Crippen LogP contribution in [0.1, 0.15) is 65.2 Å². The summed E-state index contributed by atoms with van der Waals surface area (Å²) in [7, 11) is 1.57. The number of aromatic nitrogens is 7. The topological polar surface area (TPSA) is 157 Å². The Hall–Kier alpha value is -4.84. The van der Waals surface area contributed by atoms with Gasteiger partial charge in [0.2, 0.25) is 5.82 Å². The number of amides is 1. The van der Waals surface area contributed by atoms with Crippen molar-refractivity contribution in [1.82, 2.24) is 39.7 Å². The molecule has 0 radical (unpaired) electrons. The zero-order valence-electron chi connectivity index (χ0n) is 23.5. The molecule has 1 amide bonds. The molecule has 2 aliphatic rings. The molecule has 3 N–H and O–H groups in total. The maximum absolute atomic E-state index is 13.2. The van der Waals surface area contributed by atoms with Gasteiger partial charge in [0.1, 0.15) is 17.9 Å². The Morgan fingerprint density at radius 2 is 1.84 bits per heavy atom. The molecule has 1 aromatic carbocycles. The minimum Gasteiger partial charge on any atom is -0.495 e. The maximum atomic E-state index is 13.2. The number of H-pyrrole nitrogens is 1. The van der Waals surface area contributed by atoms with E-state index in [1.165, 1.54) is 17.8 Å². The Balaban J connectivity index is 1.24. The van der Waals surface area contributed by atoms with Gasteiger partial charge in [-0.25, -0.2) is 9.97 Å². The van der Waals surface area contributed by atoms with Crippen molar-refractivity contribution in [2.24, 2.45) is 0 Å². The third-order valence-corrected chi connectivity index (χ3v) is 8.85. The van der Waals surface area contributed by atoms with Crippen molar-refractivity contribution in [2.75, 3.05) is 12.8 Å². The molecule has 0 aliphatic carbocycles. The lowest BCUT2D eigenvalue weighted by atomic mass is 9.85. The fraction of sp³-hybridized carbons (Fsp3) is 0.300. The molecular weight excluding hydrogens is 570 g/mol. The number of pyridine rings is 1. The summed E-state index contributed by atoms with van der Waals surface area (Å²) in [6.45, 7) is 1.50. The first-order chi connectivity index (χ1) is 20.8. The fourth-order valence-electron chi connectivity index (χ4n) is 6.61. The Kier molecular flexibility index (Phi) is 6.57. The third-order valence-electron chi connectivity index (χ3n) is 8.56. The quantitative estimate of drug-likeness (QED) is 0.267. The van der Waals surface area contributed by atoms with E-state index in [1.54, 1.807) is 25.6 Å². The summed E-state index contributed by atoms with van der Waals surface area (Å²) < 4.78 is 6.77. The Bertz CT molecular complexity index is 1860. The molecule has 43 heavy (non-hydrogen) atoms. The number of benzene rings is 1. The average molecular weight is 598 g/mol. The van der Waals surface area contributed by atoms with E-state index in [1.807, 2.05) is 29.2 Å². The Morgan fingerprint density at radius 3 is 2.47 bits per heavy atom. The van der Waals surface area contributed by atoms with E-state index in [2.05, 4.69) is 25.3 Å². The summed E-state index contributed by atoms with van der Waals surface area (Å²) in [6.07, 6.45) is 7.88. The molecule has 13 heteroatoms. The van der Waals surface area contributed by atoms with Crippen molar-refractivity contribution < 1.29 is 14.3 Å². The molecule has 5 aromatic rings. The summed E-state index contributed by atoms with van der Waals surface area (Å²) in [5.74, 6) is 0.717. The van der Waals surface area contributed by atoms with Gasteiger partial charge in [-0.1, -0.05) is 17.7 Å². The predicted molar refractivity (Wildman–Crippen MR) is 159 cm³/mol. The lowest BCUT2D eigenvalue weighted by Crippen LogP contribution is -2.46. The Morgan fingerprint density at radius 1 is 1.07 bits per heavy atom. The van der Waals surface area contributed by atoms with Crippen LogP contribution in [0.4, 0.5) is 5.82 Å². The van der Waals surface area contributed by atoms with Gasteiger partial charge < -0.3 is 15.4 Å². The summed E-state index contributed by atoms with van der Waals surface area (Å²) in [4.78, 5) is 41.8. The first-order valence-corrected chi connectivity index (χ1v) is 14.4. The number of halogens is 1. The van der Waals surface area contributed by atoms with E-state index in [0.29, 0.717) is 40.5 Å². The molecule has 2 saturated heterocycles. The molecule has 7 rings (SSSR count). The molecule has 0 spiro atoms. The van der Waals surface area contributed by atoms with Crippen LogP contribution in [0.5, 0.6) is 5.75 Å². The molecule has 2 aliphatic heterocycles. The highest BCUT2D eigenvalue weighted by atomic mass is 35.5. The summed E-state index contributed by atoms with van der Waals surface area (Å²) in [5, 5.41) is 11.5. The van der Waals surface area contributed by atoms with Gasteiger partial charge in [0.15, 0.2) is 11.4 Å². The standard InChI is InChI=1S/C30H28ClN9O3/c1-15(41)25-26(18-9-19-5-6-20(10-18)39(19)30(42)28-34-14-35-38-28)37-29-21(13-36-40(29)27(25)32)17-3-7-23(33-12-17)16-4-8-24(43-2)22(31)11-16/h3-4,7-8,11-14,18-20H,5-6,9-10,32H2,1-2H3,(H,34,35,38)/t18?,19-,20+. The highest BCUT2D eigenvalue weighted by Crippen LogP contribution is 2.45. The summed E-state index contributed by atoms with van der Waals surface area (Å²) in [6, 6.07) is 9.39. The van der Waals surface area contributed by atoms with E-state index in [9.17, 15) is 9.59 Å². The van der Waals surface area contributed by atoms with Crippen LogP contribution in [-0.2, 0) is 0 Å². The number of ketones is 1. The van der Waals surface area contributed by atoms with Crippen LogP contribution in [0.3, 0.4) is 0 Å². The van der Waals surface area contributed by atoms with Crippen molar-refractivity contribution >= 4 is 34.8 Å². The summed E-state index contributed by atoms with van der Waals surface area (Å²) >= 11 is 6.32. The first-order valence-electron chi connectivity index (χ1n) is 14.0. The fourth-order valence-corrected chi connectivity index (χ4v) is 6.86. The van der Waals surface area contributed by atoms with Crippen molar-refractivity contribution in [3.05, 3.63) is 71.2 Å². The second-order valence-electron chi connectivity index (χ2n) is 11.0.